The molecule has 0 bridgehead atoms. The fourth-order valence-electron chi connectivity index (χ4n) is 2.18. The van der Waals surface area contributed by atoms with Crippen LogP contribution in [-0.2, 0) is 0 Å². The van der Waals surface area contributed by atoms with Gasteiger partial charge in [-0.15, -0.1) is 0 Å². The zero-order valence-corrected chi connectivity index (χ0v) is 8.29. The summed E-state index contributed by atoms with van der Waals surface area (Å²) in [4.78, 5) is 2.44. The van der Waals surface area contributed by atoms with E-state index in [0.29, 0.717) is 12.6 Å². The quantitative estimate of drug-likeness (QED) is 0.695. The molecule has 0 aliphatic carbocycles. The highest BCUT2D eigenvalue weighted by atomic mass is 16.3. The van der Waals surface area contributed by atoms with Crippen LogP contribution >= 0.6 is 0 Å². The highest BCUT2D eigenvalue weighted by molar-refractivity contribution is 4.78. The van der Waals surface area contributed by atoms with Gasteiger partial charge in [-0.1, -0.05) is 20.3 Å². The molecule has 1 rings (SSSR count). The van der Waals surface area contributed by atoms with E-state index in [2.05, 4.69) is 18.7 Å². The average Bonchev–Trinajstić information content (AvgIpc) is 2.05. The molecule has 2 nitrogen and oxygen atoms in total. The maximum absolute atomic E-state index is 8.88. The minimum absolute atomic E-state index is 0.309. The SMILES string of the molecule is CC(C)C1CCCCN1CCO. The molecule has 0 aromatic carbocycles. The van der Waals surface area contributed by atoms with Gasteiger partial charge in [-0.2, -0.15) is 0 Å². The second-order valence-electron chi connectivity index (χ2n) is 4.07. The van der Waals surface area contributed by atoms with Crippen molar-refractivity contribution in [3.05, 3.63) is 0 Å². The number of aliphatic hydroxyl groups is 1. The molecule has 1 saturated heterocycles. The largest absolute Gasteiger partial charge is 0.395 e. The van der Waals surface area contributed by atoms with Crippen molar-refractivity contribution in [2.24, 2.45) is 5.92 Å². The topological polar surface area (TPSA) is 23.5 Å². The van der Waals surface area contributed by atoms with Crippen molar-refractivity contribution in [1.29, 1.82) is 0 Å². The van der Waals surface area contributed by atoms with E-state index in [0.717, 1.165) is 12.5 Å². The zero-order valence-electron chi connectivity index (χ0n) is 8.29. The van der Waals surface area contributed by atoms with E-state index in [1.807, 2.05) is 0 Å². The van der Waals surface area contributed by atoms with Gasteiger partial charge in [-0.25, -0.2) is 0 Å². The summed E-state index contributed by atoms with van der Waals surface area (Å²) in [6.07, 6.45) is 3.99. The summed E-state index contributed by atoms with van der Waals surface area (Å²) in [5, 5.41) is 8.88. The third-order valence-electron chi connectivity index (χ3n) is 2.82. The third kappa shape index (κ3) is 2.46. The third-order valence-corrected chi connectivity index (χ3v) is 2.82. The van der Waals surface area contributed by atoms with Gasteiger partial charge in [0.15, 0.2) is 0 Å². The van der Waals surface area contributed by atoms with Crippen LogP contribution in [0.3, 0.4) is 0 Å². The van der Waals surface area contributed by atoms with Crippen molar-refractivity contribution in [2.45, 2.75) is 39.2 Å². The minimum Gasteiger partial charge on any atom is -0.395 e. The second kappa shape index (κ2) is 4.83. The molecule has 1 aliphatic rings. The van der Waals surface area contributed by atoms with Crippen LogP contribution in [0.2, 0.25) is 0 Å². The van der Waals surface area contributed by atoms with Crippen LogP contribution in [0.5, 0.6) is 0 Å². The number of nitrogens with zero attached hydrogens (tertiary/aromatic N) is 1. The molecule has 1 atom stereocenters. The van der Waals surface area contributed by atoms with Crippen LogP contribution in [0.4, 0.5) is 0 Å². The highest BCUT2D eigenvalue weighted by Crippen LogP contribution is 2.22. The molecule has 1 heterocycles. The van der Waals surface area contributed by atoms with Crippen LogP contribution in [0.1, 0.15) is 33.1 Å². The maximum atomic E-state index is 8.88. The first kappa shape index (κ1) is 10.0. The Hall–Kier alpha value is -0.0800. The van der Waals surface area contributed by atoms with Crippen LogP contribution < -0.4 is 0 Å². The minimum atomic E-state index is 0.309. The molecule has 1 unspecified atom stereocenters. The molecule has 1 N–H and O–H groups in total. The average molecular weight is 171 g/mol. The molecule has 12 heavy (non-hydrogen) atoms. The summed E-state index contributed by atoms with van der Waals surface area (Å²) < 4.78 is 0. The summed E-state index contributed by atoms with van der Waals surface area (Å²) in [5.41, 5.74) is 0. The normalized spacial score (nSPS) is 26.5. The predicted octanol–water partition coefficient (Wildman–Crippen LogP) is 1.49. The van der Waals surface area contributed by atoms with E-state index in [-0.39, 0.29) is 0 Å². The molecule has 2 heteroatoms. The zero-order chi connectivity index (χ0) is 8.97. The lowest BCUT2D eigenvalue weighted by Crippen LogP contribution is -2.43. The van der Waals surface area contributed by atoms with Crippen molar-refractivity contribution in [2.75, 3.05) is 19.7 Å². The molecule has 0 aromatic heterocycles. The number of β-amino-alcohol motifs (C(OH)–C–C–N with tert-alkyl or cyclic N) is 1. The number of piperidine rings is 1. The Morgan fingerprint density at radius 3 is 2.75 bits per heavy atom. The Balaban J connectivity index is 2.42. The van der Waals surface area contributed by atoms with Gasteiger partial charge in [0, 0.05) is 12.6 Å². The second-order valence-corrected chi connectivity index (χ2v) is 4.07. The van der Waals surface area contributed by atoms with Crippen LogP contribution in [0.15, 0.2) is 0 Å². The molecular formula is C10H21NO. The van der Waals surface area contributed by atoms with Gasteiger partial charge in [0.2, 0.25) is 0 Å². The van der Waals surface area contributed by atoms with Crippen molar-refractivity contribution < 1.29 is 5.11 Å². The van der Waals surface area contributed by atoms with E-state index in [4.69, 9.17) is 5.11 Å². The van der Waals surface area contributed by atoms with Gasteiger partial charge in [0.25, 0.3) is 0 Å². The van der Waals surface area contributed by atoms with Gasteiger partial charge < -0.3 is 5.11 Å². The van der Waals surface area contributed by atoms with Gasteiger partial charge in [-0.05, 0) is 25.3 Å². The van der Waals surface area contributed by atoms with Gasteiger partial charge in [0.1, 0.15) is 0 Å². The van der Waals surface area contributed by atoms with Crippen molar-refractivity contribution in [3.63, 3.8) is 0 Å². The molecule has 0 aromatic rings. The molecule has 1 aliphatic heterocycles. The van der Waals surface area contributed by atoms with Gasteiger partial charge in [0.05, 0.1) is 6.61 Å². The summed E-state index contributed by atoms with van der Waals surface area (Å²) in [7, 11) is 0. The standard InChI is InChI=1S/C10H21NO/c1-9(2)10-5-3-4-6-11(10)7-8-12/h9-10,12H,3-8H2,1-2H3. The van der Waals surface area contributed by atoms with E-state index in [1.165, 1.54) is 25.8 Å². The predicted molar refractivity (Wildman–Crippen MR) is 51.1 cm³/mol. The summed E-state index contributed by atoms with van der Waals surface area (Å²) in [6.45, 7) is 6.91. The molecule has 0 saturated carbocycles. The molecule has 0 radical (unpaired) electrons. The lowest BCUT2D eigenvalue weighted by atomic mass is 9.93. The lowest BCUT2D eigenvalue weighted by Gasteiger charge is -2.37. The summed E-state index contributed by atoms with van der Waals surface area (Å²) >= 11 is 0. The summed E-state index contributed by atoms with van der Waals surface area (Å²) in [6, 6.07) is 0.714. The number of likely N-dealkylation sites (tertiary alicyclic amines) is 1. The Morgan fingerprint density at radius 1 is 1.42 bits per heavy atom. The van der Waals surface area contributed by atoms with Crippen molar-refractivity contribution >= 4 is 0 Å². The first-order chi connectivity index (χ1) is 5.75. The number of rotatable bonds is 3. The molecular weight excluding hydrogens is 150 g/mol. The van der Waals surface area contributed by atoms with Crippen LogP contribution in [-0.4, -0.2) is 35.7 Å². The Morgan fingerprint density at radius 2 is 2.17 bits per heavy atom. The fraction of sp³-hybridized carbons (Fsp3) is 1.00. The van der Waals surface area contributed by atoms with Crippen LogP contribution in [0.25, 0.3) is 0 Å². The first-order valence-electron chi connectivity index (χ1n) is 5.10. The monoisotopic (exact) mass is 171 g/mol. The highest BCUT2D eigenvalue weighted by Gasteiger charge is 2.23. The maximum Gasteiger partial charge on any atom is 0.0558 e. The smallest absolute Gasteiger partial charge is 0.0558 e. The van der Waals surface area contributed by atoms with Crippen LogP contribution in [0, 0.1) is 5.92 Å². The Bertz CT molecular complexity index is 123. The first-order valence-corrected chi connectivity index (χ1v) is 5.10. The van der Waals surface area contributed by atoms with E-state index >= 15 is 0 Å². The molecule has 0 amide bonds. The van der Waals surface area contributed by atoms with E-state index in [9.17, 15) is 0 Å². The molecule has 1 fully saturated rings. The van der Waals surface area contributed by atoms with Gasteiger partial charge in [-0.3, -0.25) is 4.90 Å². The summed E-state index contributed by atoms with van der Waals surface area (Å²) in [5.74, 6) is 0.733. The van der Waals surface area contributed by atoms with Gasteiger partial charge >= 0.3 is 0 Å². The number of hydrogen-bond donors (Lipinski definition) is 1. The lowest BCUT2D eigenvalue weighted by molar-refractivity contribution is 0.0892. The number of hydrogen-bond acceptors (Lipinski definition) is 2. The van der Waals surface area contributed by atoms with E-state index in [1.54, 1.807) is 0 Å². The Labute approximate surface area is 75.6 Å². The molecule has 72 valence electrons. The molecule has 0 spiro atoms. The Kier molecular flexibility index (Phi) is 4.02. The van der Waals surface area contributed by atoms with E-state index < -0.39 is 0 Å². The fourth-order valence-corrected chi connectivity index (χ4v) is 2.18. The van der Waals surface area contributed by atoms with Crippen molar-refractivity contribution in [3.8, 4) is 0 Å². The number of aliphatic hydroxyl groups excluding tert-OH is 1. The van der Waals surface area contributed by atoms with Crippen molar-refractivity contribution in [1.82, 2.24) is 4.90 Å².